The van der Waals surface area contributed by atoms with Crippen molar-refractivity contribution >= 4 is 0 Å². The lowest BCUT2D eigenvalue weighted by Gasteiger charge is -2.33. The topological polar surface area (TPSA) is 18.5 Å². The first-order valence-corrected chi connectivity index (χ1v) is 7.61. The largest absolute Gasteiger partial charge is 0.316 e. The first-order chi connectivity index (χ1) is 8.53. The number of hydrogen-bond acceptors (Lipinski definition) is 3. The lowest BCUT2D eigenvalue weighted by molar-refractivity contribution is 0.192. The van der Waals surface area contributed by atoms with E-state index in [2.05, 4.69) is 43.1 Å². The van der Waals surface area contributed by atoms with Crippen LogP contribution < -0.4 is 5.32 Å². The average molecular weight is 253 g/mol. The second kappa shape index (κ2) is 5.89. The van der Waals surface area contributed by atoms with Crippen molar-refractivity contribution in [1.29, 1.82) is 0 Å². The Hall–Kier alpha value is -0.120. The van der Waals surface area contributed by atoms with Gasteiger partial charge in [0.1, 0.15) is 0 Å². The summed E-state index contributed by atoms with van der Waals surface area (Å²) in [7, 11) is 4.39. The first-order valence-electron chi connectivity index (χ1n) is 7.61. The normalized spacial score (nSPS) is 34.7. The molecule has 3 heteroatoms. The van der Waals surface area contributed by atoms with Gasteiger partial charge in [0.05, 0.1) is 0 Å². The van der Waals surface area contributed by atoms with Gasteiger partial charge in [-0.3, -0.25) is 0 Å². The molecule has 3 nitrogen and oxygen atoms in total. The molecule has 0 amide bonds. The molecule has 0 aromatic heterocycles. The Labute approximate surface area is 113 Å². The van der Waals surface area contributed by atoms with E-state index in [1.165, 1.54) is 52.0 Å². The van der Waals surface area contributed by atoms with Crippen molar-refractivity contribution in [3.05, 3.63) is 0 Å². The van der Waals surface area contributed by atoms with Crippen molar-refractivity contribution in [3.8, 4) is 0 Å². The van der Waals surface area contributed by atoms with Crippen LogP contribution >= 0.6 is 0 Å². The lowest BCUT2D eigenvalue weighted by Crippen LogP contribution is -2.44. The van der Waals surface area contributed by atoms with Gasteiger partial charge < -0.3 is 15.1 Å². The van der Waals surface area contributed by atoms with Crippen LogP contribution in [0.3, 0.4) is 0 Å². The van der Waals surface area contributed by atoms with E-state index in [0.29, 0.717) is 11.5 Å². The van der Waals surface area contributed by atoms with E-state index >= 15 is 0 Å². The molecule has 2 rings (SSSR count). The molecule has 2 unspecified atom stereocenters. The molecule has 1 heterocycles. The van der Waals surface area contributed by atoms with Gasteiger partial charge in [0.15, 0.2) is 0 Å². The highest BCUT2D eigenvalue weighted by Crippen LogP contribution is 2.41. The third-order valence-corrected chi connectivity index (χ3v) is 5.09. The number of hydrogen-bond donors (Lipinski definition) is 1. The van der Waals surface area contributed by atoms with Crippen molar-refractivity contribution in [3.63, 3.8) is 0 Å². The molecule has 1 aliphatic heterocycles. The van der Waals surface area contributed by atoms with Crippen molar-refractivity contribution in [2.75, 3.05) is 46.8 Å². The van der Waals surface area contributed by atoms with Crippen LogP contribution in [0.5, 0.6) is 0 Å². The number of rotatable bonds is 3. The standard InChI is InChI=1S/C15H31N3/c1-15(2)7-6-13(14(15)16-3)12-18-9-5-8-17(4)10-11-18/h13-14,16H,5-12H2,1-4H3. The molecular weight excluding hydrogens is 222 g/mol. The summed E-state index contributed by atoms with van der Waals surface area (Å²) in [5.74, 6) is 0.841. The van der Waals surface area contributed by atoms with Gasteiger partial charge >= 0.3 is 0 Å². The quantitative estimate of drug-likeness (QED) is 0.825. The van der Waals surface area contributed by atoms with Crippen LogP contribution in [-0.4, -0.2) is 62.7 Å². The summed E-state index contributed by atoms with van der Waals surface area (Å²) in [6.07, 6.45) is 4.10. The second-order valence-electron chi connectivity index (χ2n) is 7.01. The fourth-order valence-electron chi connectivity index (χ4n) is 3.95. The summed E-state index contributed by atoms with van der Waals surface area (Å²) < 4.78 is 0. The number of nitrogens with zero attached hydrogens (tertiary/aromatic N) is 2. The fourth-order valence-corrected chi connectivity index (χ4v) is 3.95. The Morgan fingerprint density at radius 2 is 1.94 bits per heavy atom. The van der Waals surface area contributed by atoms with E-state index in [1.54, 1.807) is 0 Å². The van der Waals surface area contributed by atoms with E-state index in [0.717, 1.165) is 5.92 Å². The minimum Gasteiger partial charge on any atom is -0.316 e. The molecule has 106 valence electrons. The summed E-state index contributed by atoms with van der Waals surface area (Å²) in [6.45, 7) is 11.2. The highest BCUT2D eigenvalue weighted by Gasteiger charge is 2.41. The van der Waals surface area contributed by atoms with Crippen LogP contribution in [0, 0.1) is 11.3 Å². The van der Waals surface area contributed by atoms with Crippen LogP contribution in [0.15, 0.2) is 0 Å². The van der Waals surface area contributed by atoms with Crippen LogP contribution in [0.2, 0.25) is 0 Å². The maximum Gasteiger partial charge on any atom is 0.0156 e. The first kappa shape index (κ1) is 14.3. The van der Waals surface area contributed by atoms with Gasteiger partial charge in [-0.2, -0.15) is 0 Å². The Morgan fingerprint density at radius 3 is 2.67 bits per heavy atom. The predicted molar refractivity (Wildman–Crippen MR) is 77.9 cm³/mol. The molecule has 0 spiro atoms. The highest BCUT2D eigenvalue weighted by atomic mass is 15.2. The monoisotopic (exact) mass is 253 g/mol. The zero-order valence-electron chi connectivity index (χ0n) is 12.7. The summed E-state index contributed by atoms with van der Waals surface area (Å²) in [5, 5.41) is 3.58. The van der Waals surface area contributed by atoms with E-state index in [4.69, 9.17) is 0 Å². The van der Waals surface area contributed by atoms with Gasteiger partial charge in [-0.15, -0.1) is 0 Å². The molecule has 2 atom stereocenters. The average Bonchev–Trinajstić information content (AvgIpc) is 2.47. The van der Waals surface area contributed by atoms with Crippen molar-refractivity contribution in [2.45, 2.75) is 39.2 Å². The number of nitrogens with one attached hydrogen (secondary N) is 1. The molecule has 1 aliphatic carbocycles. The van der Waals surface area contributed by atoms with Gasteiger partial charge in [-0.05, 0) is 57.8 Å². The molecule has 2 fully saturated rings. The molecule has 2 aliphatic rings. The van der Waals surface area contributed by atoms with E-state index in [9.17, 15) is 0 Å². The SMILES string of the molecule is CNC1C(CN2CCCN(C)CC2)CCC1(C)C. The summed E-state index contributed by atoms with van der Waals surface area (Å²) in [4.78, 5) is 5.16. The Morgan fingerprint density at radius 1 is 1.17 bits per heavy atom. The fraction of sp³-hybridized carbons (Fsp3) is 1.00. The van der Waals surface area contributed by atoms with E-state index in [1.807, 2.05) is 0 Å². The van der Waals surface area contributed by atoms with Crippen LogP contribution in [0.4, 0.5) is 0 Å². The van der Waals surface area contributed by atoms with Crippen molar-refractivity contribution in [1.82, 2.24) is 15.1 Å². The molecule has 1 N–H and O–H groups in total. The molecule has 1 saturated heterocycles. The summed E-state index contributed by atoms with van der Waals surface area (Å²) in [6, 6.07) is 0.693. The van der Waals surface area contributed by atoms with Gasteiger partial charge in [0.25, 0.3) is 0 Å². The second-order valence-corrected chi connectivity index (χ2v) is 7.01. The number of likely N-dealkylation sites (N-methyl/N-ethyl adjacent to an activating group) is 1. The Bertz CT molecular complexity index is 264. The maximum atomic E-state index is 3.58. The molecule has 0 radical (unpaired) electrons. The predicted octanol–water partition coefficient (Wildman–Crippen LogP) is 1.65. The molecule has 0 bridgehead atoms. The van der Waals surface area contributed by atoms with E-state index in [-0.39, 0.29) is 0 Å². The third-order valence-electron chi connectivity index (χ3n) is 5.09. The van der Waals surface area contributed by atoms with Crippen LogP contribution in [0.25, 0.3) is 0 Å². The minimum atomic E-state index is 0.474. The zero-order valence-corrected chi connectivity index (χ0v) is 12.7. The van der Waals surface area contributed by atoms with Crippen LogP contribution in [0.1, 0.15) is 33.1 Å². The zero-order chi connectivity index (χ0) is 13.2. The summed E-state index contributed by atoms with van der Waals surface area (Å²) in [5.41, 5.74) is 0.474. The minimum absolute atomic E-state index is 0.474. The molecule has 1 saturated carbocycles. The van der Waals surface area contributed by atoms with Gasteiger partial charge in [-0.1, -0.05) is 13.8 Å². The van der Waals surface area contributed by atoms with E-state index < -0.39 is 0 Å². The molecular formula is C15H31N3. The summed E-state index contributed by atoms with van der Waals surface area (Å²) >= 11 is 0. The highest BCUT2D eigenvalue weighted by molar-refractivity contribution is 4.96. The maximum absolute atomic E-state index is 3.58. The van der Waals surface area contributed by atoms with Crippen molar-refractivity contribution in [2.24, 2.45) is 11.3 Å². The van der Waals surface area contributed by atoms with Gasteiger partial charge in [-0.25, -0.2) is 0 Å². The lowest BCUT2D eigenvalue weighted by atomic mass is 9.85. The Balaban J connectivity index is 1.89. The van der Waals surface area contributed by atoms with Crippen LogP contribution in [-0.2, 0) is 0 Å². The molecule has 0 aromatic carbocycles. The van der Waals surface area contributed by atoms with Crippen molar-refractivity contribution < 1.29 is 0 Å². The third kappa shape index (κ3) is 3.25. The smallest absolute Gasteiger partial charge is 0.0156 e. The molecule has 0 aromatic rings. The van der Waals surface area contributed by atoms with Gasteiger partial charge in [0.2, 0.25) is 0 Å². The molecule has 18 heavy (non-hydrogen) atoms. The Kier molecular flexibility index (Phi) is 4.68. The van der Waals surface area contributed by atoms with Gasteiger partial charge in [0, 0.05) is 25.7 Å².